The third-order valence-electron chi connectivity index (χ3n) is 6.86. The molecular weight excluding hydrogens is 276 g/mol. The molecule has 2 aliphatic heterocycles. The summed E-state index contributed by atoms with van der Waals surface area (Å²) in [4.78, 5) is 14.3. The van der Waals surface area contributed by atoms with E-state index in [1.165, 1.54) is 37.9 Å². The smallest absolute Gasteiger partial charge is 0.217 e. The molecule has 2 aliphatic carbocycles. The summed E-state index contributed by atoms with van der Waals surface area (Å²) in [5, 5.41) is 14.1. The van der Waals surface area contributed by atoms with Crippen LogP contribution in [0, 0.1) is 23.2 Å². The van der Waals surface area contributed by atoms with Crippen LogP contribution in [0.3, 0.4) is 0 Å². The molecule has 122 valence electrons. The highest BCUT2D eigenvalue weighted by atomic mass is 16.3. The number of hydrogen-bond acceptors (Lipinski definition) is 3. The summed E-state index contributed by atoms with van der Waals surface area (Å²) < 4.78 is 0. The van der Waals surface area contributed by atoms with Gasteiger partial charge in [0.05, 0.1) is 6.10 Å². The maximum Gasteiger partial charge on any atom is 0.217 e. The number of aliphatic hydroxyl groups is 1. The fraction of sp³-hybridized carbons (Fsp3) is 0.833. The van der Waals surface area contributed by atoms with Gasteiger partial charge in [-0.05, 0) is 43.9 Å². The molecule has 2 N–H and O–H groups in total. The summed E-state index contributed by atoms with van der Waals surface area (Å²) >= 11 is 0. The van der Waals surface area contributed by atoms with Gasteiger partial charge < -0.3 is 15.3 Å². The quantitative estimate of drug-likeness (QED) is 0.778. The summed E-state index contributed by atoms with van der Waals surface area (Å²) in [6.45, 7) is 6.08. The first kappa shape index (κ1) is 14.6. The number of piperidine rings is 1. The minimum atomic E-state index is -0.261. The summed E-state index contributed by atoms with van der Waals surface area (Å²) in [5.41, 5.74) is 1.63. The van der Waals surface area contributed by atoms with Crippen molar-refractivity contribution in [1.29, 1.82) is 0 Å². The monoisotopic (exact) mass is 304 g/mol. The van der Waals surface area contributed by atoms with Crippen molar-refractivity contribution in [2.24, 2.45) is 23.2 Å². The zero-order valence-corrected chi connectivity index (χ0v) is 13.7. The number of carbonyl (C=O) groups excluding carboxylic acids is 1. The van der Waals surface area contributed by atoms with E-state index < -0.39 is 0 Å². The van der Waals surface area contributed by atoms with Crippen LogP contribution >= 0.6 is 0 Å². The van der Waals surface area contributed by atoms with E-state index in [1.807, 2.05) is 0 Å². The van der Waals surface area contributed by atoms with Crippen molar-refractivity contribution >= 4 is 5.91 Å². The Balaban J connectivity index is 1.82. The molecule has 6 atom stereocenters. The molecule has 5 unspecified atom stereocenters. The predicted molar refractivity (Wildman–Crippen MR) is 84.9 cm³/mol. The van der Waals surface area contributed by atoms with Crippen LogP contribution < -0.4 is 5.32 Å². The highest BCUT2D eigenvalue weighted by Gasteiger charge is 2.63. The van der Waals surface area contributed by atoms with E-state index in [2.05, 4.69) is 23.2 Å². The molecule has 4 nitrogen and oxygen atoms in total. The van der Waals surface area contributed by atoms with Crippen molar-refractivity contribution in [1.82, 2.24) is 10.2 Å². The van der Waals surface area contributed by atoms with Crippen molar-refractivity contribution in [3.8, 4) is 0 Å². The Kier molecular flexibility index (Phi) is 3.30. The maximum atomic E-state index is 11.7. The number of rotatable bonds is 1. The summed E-state index contributed by atoms with van der Waals surface area (Å²) in [5.74, 6) is 1.11. The van der Waals surface area contributed by atoms with Gasteiger partial charge in [0.2, 0.25) is 5.91 Å². The number of amides is 1. The number of nitrogens with zero attached hydrogens (tertiary/aromatic N) is 1. The van der Waals surface area contributed by atoms with E-state index in [0.717, 1.165) is 13.0 Å². The number of nitrogens with one attached hydrogen (secondary N) is 1. The van der Waals surface area contributed by atoms with Crippen LogP contribution in [-0.4, -0.2) is 41.1 Å². The van der Waals surface area contributed by atoms with Crippen LogP contribution in [0.25, 0.3) is 0 Å². The lowest BCUT2D eigenvalue weighted by atomic mass is 9.58. The molecule has 0 aromatic carbocycles. The van der Waals surface area contributed by atoms with Crippen LogP contribution in [0.5, 0.6) is 0 Å². The first-order valence-corrected chi connectivity index (χ1v) is 8.96. The van der Waals surface area contributed by atoms with Crippen molar-refractivity contribution < 1.29 is 9.90 Å². The molecular formula is C18H28N2O2. The van der Waals surface area contributed by atoms with Crippen LogP contribution in [0.4, 0.5) is 0 Å². The first-order valence-electron chi connectivity index (χ1n) is 8.96. The molecule has 1 saturated carbocycles. The van der Waals surface area contributed by atoms with Gasteiger partial charge in [0.25, 0.3) is 0 Å². The minimum Gasteiger partial charge on any atom is -0.392 e. The molecule has 2 heterocycles. The van der Waals surface area contributed by atoms with Crippen LogP contribution in [0.1, 0.15) is 46.0 Å². The Labute approximate surface area is 132 Å². The molecule has 0 radical (unpaired) electrons. The van der Waals surface area contributed by atoms with Gasteiger partial charge in [-0.25, -0.2) is 0 Å². The maximum absolute atomic E-state index is 11.7. The lowest BCUT2D eigenvalue weighted by Crippen LogP contribution is -2.52. The van der Waals surface area contributed by atoms with Gasteiger partial charge in [0, 0.05) is 43.1 Å². The van der Waals surface area contributed by atoms with E-state index >= 15 is 0 Å². The van der Waals surface area contributed by atoms with Gasteiger partial charge in [0.1, 0.15) is 0 Å². The van der Waals surface area contributed by atoms with Gasteiger partial charge in [-0.3, -0.25) is 4.79 Å². The molecule has 1 amide bonds. The third kappa shape index (κ3) is 1.82. The van der Waals surface area contributed by atoms with Gasteiger partial charge in [-0.2, -0.15) is 0 Å². The molecule has 0 aromatic heterocycles. The second kappa shape index (κ2) is 4.98. The fourth-order valence-corrected chi connectivity index (χ4v) is 6.17. The Bertz CT molecular complexity index is 517. The fourth-order valence-electron chi connectivity index (χ4n) is 6.17. The molecule has 4 rings (SSSR count). The second-order valence-electron chi connectivity index (χ2n) is 7.93. The van der Waals surface area contributed by atoms with E-state index in [4.69, 9.17) is 0 Å². The Hall–Kier alpha value is -1.03. The van der Waals surface area contributed by atoms with Crippen LogP contribution in [0.15, 0.2) is 11.8 Å². The SMILES string of the molecule is CC(=O)NC1CC2[C@H](O)C(C)C=C3N4CCCC1C32CCC4. The summed E-state index contributed by atoms with van der Waals surface area (Å²) in [7, 11) is 0. The first-order chi connectivity index (χ1) is 10.5. The molecule has 3 fully saturated rings. The number of allylic oxidation sites excluding steroid dienone is 1. The topological polar surface area (TPSA) is 52.6 Å². The minimum absolute atomic E-state index is 0.0741. The van der Waals surface area contributed by atoms with Crippen LogP contribution in [-0.2, 0) is 4.79 Å². The molecule has 2 bridgehead atoms. The molecule has 22 heavy (non-hydrogen) atoms. The molecule has 4 aliphatic rings. The van der Waals surface area contributed by atoms with Gasteiger partial charge >= 0.3 is 0 Å². The van der Waals surface area contributed by atoms with Gasteiger partial charge in [-0.1, -0.05) is 13.0 Å². The zero-order chi connectivity index (χ0) is 15.5. The van der Waals surface area contributed by atoms with E-state index in [0.29, 0.717) is 11.8 Å². The number of aliphatic hydroxyl groups excluding tert-OH is 1. The Morgan fingerprint density at radius 3 is 2.91 bits per heavy atom. The lowest BCUT2D eigenvalue weighted by molar-refractivity contribution is -0.120. The predicted octanol–water partition coefficient (Wildman–Crippen LogP) is 1.90. The van der Waals surface area contributed by atoms with Gasteiger partial charge in [0.15, 0.2) is 0 Å². The number of carbonyl (C=O) groups is 1. The molecule has 1 spiro atoms. The van der Waals surface area contributed by atoms with Crippen molar-refractivity contribution in [3.63, 3.8) is 0 Å². The van der Waals surface area contributed by atoms with Crippen LogP contribution in [0.2, 0.25) is 0 Å². The zero-order valence-electron chi connectivity index (χ0n) is 13.7. The average Bonchev–Trinajstić information content (AvgIpc) is 2.71. The summed E-state index contributed by atoms with van der Waals surface area (Å²) in [6, 6.07) is 0.240. The Morgan fingerprint density at radius 2 is 2.14 bits per heavy atom. The standard InChI is InChI=1S/C18H28N2O2/c1-11-9-16-18-6-4-8-20(16)7-3-5-13(18)15(19-12(2)21)10-14(18)17(11)22/h9,11,13-15,17,22H,3-8,10H2,1-2H3,(H,19,21)/t11?,13?,14?,15?,17-,18?/m1/s1. The van der Waals surface area contributed by atoms with Crippen molar-refractivity contribution in [2.75, 3.05) is 13.1 Å². The Morgan fingerprint density at radius 1 is 1.36 bits per heavy atom. The van der Waals surface area contributed by atoms with Gasteiger partial charge in [-0.15, -0.1) is 0 Å². The second-order valence-corrected chi connectivity index (χ2v) is 7.93. The largest absolute Gasteiger partial charge is 0.392 e. The highest BCUT2D eigenvalue weighted by Crippen LogP contribution is 2.64. The van der Waals surface area contributed by atoms with E-state index in [9.17, 15) is 9.90 Å². The molecule has 0 aromatic rings. The molecule has 2 saturated heterocycles. The van der Waals surface area contributed by atoms with Crippen molar-refractivity contribution in [3.05, 3.63) is 11.8 Å². The normalized spacial score (nSPS) is 46.6. The average molecular weight is 304 g/mol. The van der Waals surface area contributed by atoms with Crippen molar-refractivity contribution in [2.45, 2.75) is 58.1 Å². The third-order valence-corrected chi connectivity index (χ3v) is 6.86. The molecule has 4 heteroatoms. The summed E-state index contributed by atoms with van der Waals surface area (Å²) in [6.07, 6.45) is 7.83. The van der Waals surface area contributed by atoms with E-state index in [1.54, 1.807) is 6.92 Å². The number of hydrogen-bond donors (Lipinski definition) is 2. The lowest BCUT2D eigenvalue weighted by Gasteiger charge is -2.53. The highest BCUT2D eigenvalue weighted by molar-refractivity contribution is 5.73. The van der Waals surface area contributed by atoms with E-state index in [-0.39, 0.29) is 29.4 Å².